The molecule has 2 aromatic carbocycles. The van der Waals surface area contributed by atoms with Crippen LogP contribution >= 0.6 is 0 Å². The van der Waals surface area contributed by atoms with Crippen molar-refractivity contribution in [2.24, 2.45) is 5.92 Å². The standard InChI is InChI=1S/C19H16FNO2/c20-15-6-2-5-14-12-3-1-4-13(12)18(21-19(14)15)11-7-8-16-17(9-11)23-10-22-16/h1-3,5-9,12-13,18,21H,4,10H2/t12-,13-,18-/m0/s1. The molecule has 0 fully saturated rings. The number of hydrogen-bond donors (Lipinski definition) is 1. The zero-order valence-corrected chi connectivity index (χ0v) is 12.5. The first kappa shape index (κ1) is 13.0. The van der Waals surface area contributed by atoms with Crippen LogP contribution in [0.2, 0.25) is 0 Å². The monoisotopic (exact) mass is 309 g/mol. The Balaban J connectivity index is 1.60. The van der Waals surface area contributed by atoms with E-state index in [9.17, 15) is 4.39 Å². The predicted octanol–water partition coefficient (Wildman–Crippen LogP) is 4.38. The van der Waals surface area contributed by atoms with Crippen LogP contribution in [0, 0.1) is 11.7 Å². The molecule has 2 aromatic rings. The van der Waals surface area contributed by atoms with E-state index in [1.807, 2.05) is 24.3 Å². The number of anilines is 1. The van der Waals surface area contributed by atoms with Gasteiger partial charge in [0.1, 0.15) is 5.82 Å². The van der Waals surface area contributed by atoms with Crippen LogP contribution in [0.1, 0.15) is 29.5 Å². The minimum absolute atomic E-state index is 0.0638. The summed E-state index contributed by atoms with van der Waals surface area (Å²) < 4.78 is 25.2. The van der Waals surface area contributed by atoms with Crippen molar-refractivity contribution in [2.45, 2.75) is 18.4 Å². The van der Waals surface area contributed by atoms with Crippen LogP contribution in [-0.4, -0.2) is 6.79 Å². The Morgan fingerprint density at radius 2 is 2.00 bits per heavy atom. The molecule has 0 saturated carbocycles. The van der Waals surface area contributed by atoms with Gasteiger partial charge in [0.25, 0.3) is 0 Å². The molecule has 0 aromatic heterocycles. The molecule has 116 valence electrons. The van der Waals surface area contributed by atoms with Crippen molar-refractivity contribution < 1.29 is 13.9 Å². The summed E-state index contributed by atoms with van der Waals surface area (Å²) in [5.74, 6) is 2.01. The first-order chi connectivity index (χ1) is 11.3. The highest BCUT2D eigenvalue weighted by Crippen LogP contribution is 2.51. The summed E-state index contributed by atoms with van der Waals surface area (Å²) in [6.45, 7) is 0.266. The Bertz CT molecular complexity index is 817. The van der Waals surface area contributed by atoms with E-state index in [4.69, 9.17) is 9.47 Å². The van der Waals surface area contributed by atoms with Crippen molar-refractivity contribution in [1.82, 2.24) is 0 Å². The molecule has 3 nitrogen and oxygen atoms in total. The molecular weight excluding hydrogens is 293 g/mol. The van der Waals surface area contributed by atoms with E-state index in [0.717, 1.165) is 29.0 Å². The number of nitrogens with one attached hydrogen (secondary N) is 1. The summed E-state index contributed by atoms with van der Waals surface area (Å²) in [4.78, 5) is 0. The third-order valence-electron chi connectivity index (χ3n) is 5.10. The molecule has 23 heavy (non-hydrogen) atoms. The SMILES string of the molecule is Fc1cccc2c1N[C@@H](c1ccc3c(c1)OCO3)[C@H]1CC=C[C@H]21. The summed E-state index contributed by atoms with van der Waals surface area (Å²) in [5.41, 5.74) is 2.80. The lowest BCUT2D eigenvalue weighted by Crippen LogP contribution is -2.29. The average molecular weight is 309 g/mol. The molecule has 1 aliphatic carbocycles. The van der Waals surface area contributed by atoms with Crippen molar-refractivity contribution in [1.29, 1.82) is 0 Å². The van der Waals surface area contributed by atoms with Crippen LogP contribution < -0.4 is 14.8 Å². The second-order valence-corrected chi connectivity index (χ2v) is 6.29. The second-order valence-electron chi connectivity index (χ2n) is 6.29. The number of fused-ring (bicyclic) bond motifs is 4. The zero-order chi connectivity index (χ0) is 15.4. The van der Waals surface area contributed by atoms with Crippen molar-refractivity contribution in [2.75, 3.05) is 12.1 Å². The molecule has 1 N–H and O–H groups in total. The number of benzene rings is 2. The van der Waals surface area contributed by atoms with Gasteiger partial charge in [0.15, 0.2) is 11.5 Å². The number of rotatable bonds is 1. The lowest BCUT2D eigenvalue weighted by molar-refractivity contribution is 0.174. The molecule has 0 amide bonds. The second kappa shape index (κ2) is 4.75. The Morgan fingerprint density at radius 3 is 2.96 bits per heavy atom. The fourth-order valence-electron chi connectivity index (χ4n) is 4.02. The quantitative estimate of drug-likeness (QED) is 0.793. The van der Waals surface area contributed by atoms with Gasteiger partial charge < -0.3 is 14.8 Å². The molecule has 0 bridgehead atoms. The fourth-order valence-corrected chi connectivity index (χ4v) is 4.02. The van der Waals surface area contributed by atoms with Gasteiger partial charge in [0, 0.05) is 5.92 Å². The average Bonchev–Trinajstić information content (AvgIpc) is 3.23. The third kappa shape index (κ3) is 1.87. The summed E-state index contributed by atoms with van der Waals surface area (Å²) >= 11 is 0. The predicted molar refractivity (Wildman–Crippen MR) is 85.3 cm³/mol. The van der Waals surface area contributed by atoms with Gasteiger partial charge >= 0.3 is 0 Å². The van der Waals surface area contributed by atoms with Crippen LogP contribution in [0.15, 0.2) is 48.6 Å². The van der Waals surface area contributed by atoms with Gasteiger partial charge in [-0.1, -0.05) is 30.4 Å². The Hall–Kier alpha value is -2.49. The molecule has 5 rings (SSSR count). The first-order valence-electron chi connectivity index (χ1n) is 7.92. The van der Waals surface area contributed by atoms with E-state index < -0.39 is 0 Å². The van der Waals surface area contributed by atoms with Crippen LogP contribution in [0.25, 0.3) is 0 Å². The Morgan fingerprint density at radius 1 is 1.09 bits per heavy atom. The molecule has 2 aliphatic heterocycles. The lowest BCUT2D eigenvalue weighted by atomic mass is 9.77. The van der Waals surface area contributed by atoms with Gasteiger partial charge in [-0.15, -0.1) is 0 Å². The smallest absolute Gasteiger partial charge is 0.231 e. The van der Waals surface area contributed by atoms with Crippen LogP contribution in [0.5, 0.6) is 11.5 Å². The zero-order valence-electron chi connectivity index (χ0n) is 12.5. The molecule has 0 saturated heterocycles. The topological polar surface area (TPSA) is 30.5 Å². The maximum absolute atomic E-state index is 14.3. The number of ether oxygens (including phenoxy) is 2. The number of para-hydroxylation sites is 1. The van der Waals surface area contributed by atoms with Crippen LogP contribution in [0.3, 0.4) is 0 Å². The summed E-state index contributed by atoms with van der Waals surface area (Å²) in [6, 6.07) is 11.4. The third-order valence-corrected chi connectivity index (χ3v) is 5.10. The Kier molecular flexibility index (Phi) is 2.68. The highest BCUT2D eigenvalue weighted by atomic mass is 19.1. The summed E-state index contributed by atoms with van der Waals surface area (Å²) in [5, 5.41) is 3.43. The van der Waals surface area contributed by atoms with Crippen LogP contribution in [0.4, 0.5) is 10.1 Å². The minimum Gasteiger partial charge on any atom is -0.454 e. The van der Waals surface area contributed by atoms with Gasteiger partial charge in [-0.25, -0.2) is 4.39 Å². The minimum atomic E-state index is -0.188. The summed E-state index contributed by atoms with van der Waals surface area (Å²) in [6.07, 6.45) is 5.41. The molecule has 4 heteroatoms. The molecular formula is C19H16FNO2. The number of hydrogen-bond acceptors (Lipinski definition) is 3. The largest absolute Gasteiger partial charge is 0.454 e. The van der Waals surface area contributed by atoms with Crippen molar-refractivity contribution >= 4 is 5.69 Å². The number of allylic oxidation sites excluding steroid dienone is 2. The van der Waals surface area contributed by atoms with E-state index >= 15 is 0 Å². The molecule has 3 atom stereocenters. The van der Waals surface area contributed by atoms with Gasteiger partial charge in [-0.05, 0) is 41.7 Å². The highest BCUT2D eigenvalue weighted by Gasteiger charge is 2.39. The van der Waals surface area contributed by atoms with E-state index in [1.165, 1.54) is 6.07 Å². The van der Waals surface area contributed by atoms with E-state index in [1.54, 1.807) is 6.07 Å². The van der Waals surface area contributed by atoms with Crippen molar-refractivity contribution in [3.63, 3.8) is 0 Å². The van der Waals surface area contributed by atoms with E-state index in [2.05, 4.69) is 17.5 Å². The van der Waals surface area contributed by atoms with Crippen molar-refractivity contribution in [3.8, 4) is 11.5 Å². The molecule has 0 spiro atoms. The maximum Gasteiger partial charge on any atom is 0.231 e. The fraction of sp³-hybridized carbons (Fsp3) is 0.263. The molecule has 0 unspecified atom stereocenters. The molecule has 3 aliphatic rings. The maximum atomic E-state index is 14.3. The van der Waals surface area contributed by atoms with Crippen molar-refractivity contribution in [3.05, 3.63) is 65.5 Å². The van der Waals surface area contributed by atoms with Gasteiger partial charge in [-0.2, -0.15) is 0 Å². The van der Waals surface area contributed by atoms with Gasteiger partial charge in [0.2, 0.25) is 6.79 Å². The number of halogens is 1. The van der Waals surface area contributed by atoms with Gasteiger partial charge in [-0.3, -0.25) is 0 Å². The van der Waals surface area contributed by atoms with Crippen LogP contribution in [-0.2, 0) is 0 Å². The molecule has 2 heterocycles. The summed E-state index contributed by atoms with van der Waals surface area (Å²) in [7, 11) is 0. The van der Waals surface area contributed by atoms with E-state index in [0.29, 0.717) is 11.6 Å². The first-order valence-corrected chi connectivity index (χ1v) is 7.92. The molecule has 0 radical (unpaired) electrons. The van der Waals surface area contributed by atoms with Gasteiger partial charge in [0.05, 0.1) is 11.7 Å². The normalized spacial score (nSPS) is 26.6. The highest BCUT2D eigenvalue weighted by molar-refractivity contribution is 5.61. The Labute approximate surface area is 133 Å². The lowest BCUT2D eigenvalue weighted by Gasteiger charge is -2.37. The van der Waals surface area contributed by atoms with E-state index in [-0.39, 0.29) is 24.6 Å².